The molecule has 0 bridgehead atoms. The van der Waals surface area contributed by atoms with Gasteiger partial charge in [-0.15, -0.1) is 0 Å². The van der Waals surface area contributed by atoms with Crippen molar-refractivity contribution < 1.29 is 74.5 Å². The van der Waals surface area contributed by atoms with Gasteiger partial charge in [0.1, 0.15) is 11.6 Å². The Balaban J connectivity index is 0.00000221. The van der Waals surface area contributed by atoms with Crippen molar-refractivity contribution in [2.75, 3.05) is 46.8 Å². The Bertz CT molecular complexity index is 1390. The van der Waals surface area contributed by atoms with Gasteiger partial charge in [-0.05, 0) is 47.9 Å². The van der Waals surface area contributed by atoms with E-state index in [1.807, 2.05) is 11.9 Å². The Morgan fingerprint density at radius 2 is 1.72 bits per heavy atom. The summed E-state index contributed by atoms with van der Waals surface area (Å²) < 4.78 is 42.2. The van der Waals surface area contributed by atoms with Crippen molar-refractivity contribution in [3.05, 3.63) is 69.7 Å². The molecule has 8 N–H and O–H groups in total. The number of piperazine rings is 1. The van der Waals surface area contributed by atoms with Crippen molar-refractivity contribution in [1.29, 1.82) is 5.41 Å². The molecule has 0 aliphatic carbocycles. The number of phenolic OH excluding ortho intramolecular Hbond substituents is 1. The van der Waals surface area contributed by atoms with Crippen LogP contribution in [0.2, 0.25) is 0 Å². The zero-order chi connectivity index (χ0) is 31.4. The van der Waals surface area contributed by atoms with Gasteiger partial charge in [0, 0.05) is 38.3 Å². The van der Waals surface area contributed by atoms with Gasteiger partial charge >= 0.3 is 57.6 Å². The standard InChI is InChI=1S/C28H33F3N7O.CH3NO.K/c1-4-36-27(35-2)25(26(33)34)23(32)9-7-20-15-18(8-10-24(20)39)19-5-6-21(22(16-19)28(29,30)31)17-38-13-11-37(3)12-14-38;2-1-3;/h5-6,8,10,15-16H,4,11-14,17H2,1-3H3,(H6-,32,33,34,35,36,39);1H,(H2,2,3);/q-1;;+1. The van der Waals surface area contributed by atoms with Gasteiger partial charge in [-0.25, -0.2) is 0 Å². The molecule has 2 aromatic rings. The minimum Gasteiger partial charge on any atom is -0.507 e. The van der Waals surface area contributed by atoms with E-state index in [-0.39, 0.29) is 104 Å². The molecule has 1 aliphatic rings. The first-order valence-corrected chi connectivity index (χ1v) is 13.0. The summed E-state index contributed by atoms with van der Waals surface area (Å²) in [5, 5.41) is 22.2. The molecule has 10 nitrogen and oxygen atoms in total. The molecule has 1 amide bonds. The van der Waals surface area contributed by atoms with E-state index in [1.165, 1.54) is 31.3 Å². The minimum atomic E-state index is -4.53. The molecule has 1 aliphatic heterocycles. The summed E-state index contributed by atoms with van der Waals surface area (Å²) in [4.78, 5) is 16.9. The summed E-state index contributed by atoms with van der Waals surface area (Å²) in [6, 6.07) is 8.66. The number of carbonyl (C=O) groups is 1. The second-order valence-electron chi connectivity index (χ2n) is 9.29. The Morgan fingerprint density at radius 1 is 1.14 bits per heavy atom. The first kappa shape index (κ1) is 38.1. The van der Waals surface area contributed by atoms with E-state index in [4.69, 9.17) is 21.7 Å². The predicted molar refractivity (Wildman–Crippen MR) is 159 cm³/mol. The fourth-order valence-electron chi connectivity index (χ4n) is 4.21. The smallest absolute Gasteiger partial charge is 0.507 e. The van der Waals surface area contributed by atoms with Crippen molar-refractivity contribution in [2.24, 2.45) is 22.2 Å². The van der Waals surface area contributed by atoms with Gasteiger partial charge in [-0.3, -0.25) is 15.1 Å². The van der Waals surface area contributed by atoms with Crippen LogP contribution in [0.25, 0.3) is 16.4 Å². The van der Waals surface area contributed by atoms with Crippen LogP contribution in [0.5, 0.6) is 5.75 Å². The molecule has 1 saturated heterocycles. The molecule has 0 unspecified atom stereocenters. The number of nitrogens with two attached hydrogens (primary N) is 3. The van der Waals surface area contributed by atoms with Crippen LogP contribution in [0.15, 0.2) is 52.7 Å². The van der Waals surface area contributed by atoms with Crippen LogP contribution in [-0.4, -0.2) is 79.8 Å². The number of aliphatic imine (C=N–C) groups is 1. The van der Waals surface area contributed by atoms with Crippen LogP contribution in [0, 0.1) is 17.3 Å². The Kier molecular flexibility index (Phi) is 16.0. The number of primary amides is 1. The van der Waals surface area contributed by atoms with E-state index in [0.29, 0.717) is 30.8 Å². The summed E-state index contributed by atoms with van der Waals surface area (Å²) >= 11 is 0. The van der Waals surface area contributed by atoms with E-state index < -0.39 is 11.7 Å². The van der Waals surface area contributed by atoms with Gasteiger partial charge in [0.15, 0.2) is 0 Å². The monoisotopic (exact) mass is 624 g/mol. The number of hydrogen-bond donors (Lipinski definition) is 5. The van der Waals surface area contributed by atoms with E-state index in [9.17, 15) is 18.3 Å². The van der Waals surface area contributed by atoms with Gasteiger partial charge < -0.3 is 37.5 Å². The van der Waals surface area contributed by atoms with Crippen LogP contribution < -0.4 is 68.6 Å². The number of halogens is 3. The number of aromatic hydroxyl groups is 1. The second-order valence-corrected chi connectivity index (χ2v) is 9.29. The third-order valence-electron chi connectivity index (χ3n) is 6.35. The molecule has 43 heavy (non-hydrogen) atoms. The van der Waals surface area contributed by atoms with Crippen LogP contribution in [-0.2, 0) is 17.5 Å². The Labute approximate surface area is 292 Å². The summed E-state index contributed by atoms with van der Waals surface area (Å²) in [5.74, 6) is 5.02. The molecule has 2 aromatic carbocycles. The fourth-order valence-corrected chi connectivity index (χ4v) is 4.21. The number of benzene rings is 2. The number of allylic oxidation sites excluding steroid dienone is 1. The van der Waals surface area contributed by atoms with Crippen LogP contribution in [0.1, 0.15) is 23.6 Å². The number of nitrogens with zero attached hydrogens (tertiary/aromatic N) is 4. The van der Waals surface area contributed by atoms with Crippen LogP contribution in [0.3, 0.4) is 0 Å². The maximum atomic E-state index is 14.1. The summed E-state index contributed by atoms with van der Waals surface area (Å²) in [6.45, 7) is 5.42. The zero-order valence-corrected chi connectivity index (χ0v) is 27.9. The van der Waals surface area contributed by atoms with Crippen molar-refractivity contribution in [3.8, 4) is 28.7 Å². The number of amides is 1. The molecule has 0 atom stereocenters. The molecule has 1 fully saturated rings. The molecule has 14 heteroatoms. The molecule has 226 valence electrons. The zero-order valence-electron chi connectivity index (χ0n) is 24.8. The van der Waals surface area contributed by atoms with E-state index in [0.717, 1.165) is 19.2 Å². The molecular weight excluding hydrogens is 588 g/mol. The number of hydrogen-bond acceptors (Lipinski definition) is 7. The van der Waals surface area contributed by atoms with E-state index in [2.05, 4.69) is 32.8 Å². The number of nitrogens with one attached hydrogen (secondary N) is 1. The Morgan fingerprint density at radius 3 is 2.26 bits per heavy atom. The van der Waals surface area contributed by atoms with Crippen molar-refractivity contribution >= 4 is 18.1 Å². The third kappa shape index (κ3) is 11.3. The summed E-state index contributed by atoms with van der Waals surface area (Å²) in [7, 11) is 3.48. The number of likely N-dealkylation sites (N-methyl/N-ethyl adjacent to an activating group) is 2. The minimum absolute atomic E-state index is 0. The van der Waals surface area contributed by atoms with Crippen molar-refractivity contribution in [3.63, 3.8) is 0 Å². The molecule has 0 radical (unpaired) electrons. The molecular formula is C29H36F3KN8O2. The quantitative estimate of drug-likeness (QED) is 0.0984. The predicted octanol–water partition coefficient (Wildman–Crippen LogP) is -0.147. The SMILES string of the molecule is CCN=C([N-]C)/C(C(=N)N)=C(\N)C#Cc1cc(-c2ccc(CN3CCN(C)CC3)c(C(F)(F)F)c2)ccc1O.NC=O.[K+]. The molecule has 3 rings (SSSR count). The number of phenols is 1. The van der Waals surface area contributed by atoms with Crippen molar-refractivity contribution in [2.45, 2.75) is 19.6 Å². The molecule has 1 heterocycles. The van der Waals surface area contributed by atoms with Crippen molar-refractivity contribution in [1.82, 2.24) is 9.80 Å². The molecule has 0 aromatic heterocycles. The third-order valence-corrected chi connectivity index (χ3v) is 6.35. The average Bonchev–Trinajstić information content (AvgIpc) is 2.93. The number of carbonyl (C=O) groups excluding carboxylic acids is 1. The molecule has 0 saturated carbocycles. The number of rotatable bonds is 6. The van der Waals surface area contributed by atoms with Gasteiger partial charge in [0.2, 0.25) is 6.41 Å². The second kappa shape index (κ2) is 18.0. The van der Waals surface area contributed by atoms with Gasteiger partial charge in [-0.1, -0.05) is 50.5 Å². The maximum Gasteiger partial charge on any atom is 1.00 e. The van der Waals surface area contributed by atoms with Gasteiger partial charge in [-0.2, -0.15) is 13.2 Å². The van der Waals surface area contributed by atoms with Crippen LogP contribution >= 0.6 is 0 Å². The van der Waals surface area contributed by atoms with Gasteiger partial charge in [0.25, 0.3) is 0 Å². The first-order valence-electron chi connectivity index (χ1n) is 13.0. The fraction of sp³-hybridized carbons (Fsp3) is 0.345. The molecule has 0 spiro atoms. The number of amidine groups is 2. The largest absolute Gasteiger partial charge is 1.00 e. The number of alkyl halides is 3. The van der Waals surface area contributed by atoms with Gasteiger partial charge in [0.05, 0.1) is 16.8 Å². The summed E-state index contributed by atoms with van der Waals surface area (Å²) in [6.07, 6.45) is -4.28. The summed E-state index contributed by atoms with van der Waals surface area (Å²) in [5.41, 5.74) is 16.3. The maximum absolute atomic E-state index is 14.1. The van der Waals surface area contributed by atoms with Crippen LogP contribution in [0.4, 0.5) is 13.2 Å². The Hall–Kier alpha value is -2.90. The first-order chi connectivity index (χ1) is 19.9. The van der Waals surface area contributed by atoms with E-state index >= 15 is 0 Å². The average molecular weight is 625 g/mol. The normalized spacial score (nSPS) is 14.6. The van der Waals surface area contributed by atoms with E-state index in [1.54, 1.807) is 13.0 Å². The topological polar surface area (TPSA) is 172 Å².